The van der Waals surface area contributed by atoms with Crippen LogP contribution < -0.4 is 10.6 Å². The first-order valence-electron chi connectivity index (χ1n) is 4.01. The van der Waals surface area contributed by atoms with E-state index >= 15 is 0 Å². The molecule has 4 heteroatoms. The predicted molar refractivity (Wildman–Crippen MR) is 54.2 cm³/mol. The summed E-state index contributed by atoms with van der Waals surface area (Å²) in [4.78, 5) is 10.3. The first-order chi connectivity index (χ1) is 6.29. The molecule has 0 bridgehead atoms. The highest BCUT2D eigenvalue weighted by molar-refractivity contribution is 6.62. The van der Waals surface area contributed by atoms with Gasteiger partial charge in [0.05, 0.1) is 0 Å². The molecule has 3 nitrogen and oxygen atoms in total. The van der Waals surface area contributed by atoms with Crippen LogP contribution in [0.1, 0.15) is 0 Å². The van der Waals surface area contributed by atoms with Crippen LogP contribution in [0.25, 0.3) is 0 Å². The van der Waals surface area contributed by atoms with Gasteiger partial charge in [-0.05, 0) is 23.7 Å². The van der Waals surface area contributed by atoms with Crippen molar-refractivity contribution in [3.63, 3.8) is 0 Å². The summed E-state index contributed by atoms with van der Waals surface area (Å²) in [5.74, 6) is 0. The molecule has 1 amide bonds. The number of halogens is 1. The van der Waals surface area contributed by atoms with E-state index in [-0.39, 0.29) is 0 Å². The van der Waals surface area contributed by atoms with Gasteiger partial charge in [-0.2, -0.15) is 0 Å². The van der Waals surface area contributed by atoms with E-state index in [1.807, 2.05) is 30.3 Å². The van der Waals surface area contributed by atoms with E-state index in [2.05, 4.69) is 10.6 Å². The molecule has 0 aromatic heterocycles. The van der Waals surface area contributed by atoms with Crippen molar-refractivity contribution in [1.29, 1.82) is 0 Å². The van der Waals surface area contributed by atoms with Crippen molar-refractivity contribution in [2.45, 2.75) is 0 Å². The number of hydrogen-bond acceptors (Lipinski definition) is 2. The Balaban J connectivity index is 2.17. The molecule has 2 N–H and O–H groups in total. The third kappa shape index (κ3) is 4.38. The molecule has 0 fully saturated rings. The number of nitrogens with one attached hydrogen (secondary N) is 2. The third-order valence-electron chi connectivity index (χ3n) is 1.49. The topological polar surface area (TPSA) is 41.1 Å². The van der Waals surface area contributed by atoms with E-state index in [4.69, 9.17) is 11.6 Å². The second-order valence-corrected chi connectivity index (χ2v) is 2.84. The second-order valence-electron chi connectivity index (χ2n) is 2.49. The maximum absolute atomic E-state index is 10.3. The maximum atomic E-state index is 10.3. The Kier molecular flexibility index (Phi) is 4.12. The van der Waals surface area contributed by atoms with Crippen LogP contribution in [0.2, 0.25) is 0 Å². The van der Waals surface area contributed by atoms with E-state index in [0.29, 0.717) is 13.1 Å². The Morgan fingerprint density at radius 2 is 1.92 bits per heavy atom. The fraction of sp³-hybridized carbons (Fsp3) is 0.222. The minimum Gasteiger partial charge on any atom is -0.383 e. The van der Waals surface area contributed by atoms with Gasteiger partial charge in [0.25, 0.3) is 0 Å². The van der Waals surface area contributed by atoms with Crippen molar-refractivity contribution in [3.05, 3.63) is 30.3 Å². The van der Waals surface area contributed by atoms with Gasteiger partial charge in [-0.15, -0.1) is 0 Å². The summed E-state index contributed by atoms with van der Waals surface area (Å²) >= 11 is 5.08. The van der Waals surface area contributed by atoms with Crippen molar-refractivity contribution in [2.75, 3.05) is 18.4 Å². The van der Waals surface area contributed by atoms with Gasteiger partial charge in [0.2, 0.25) is 0 Å². The first-order valence-corrected chi connectivity index (χ1v) is 4.39. The third-order valence-corrected chi connectivity index (χ3v) is 1.63. The zero-order valence-electron chi connectivity index (χ0n) is 7.09. The first kappa shape index (κ1) is 9.86. The molecule has 0 aliphatic rings. The monoisotopic (exact) mass is 198 g/mol. The molecular formula is C9H11ClN2O. The highest BCUT2D eigenvalue weighted by Gasteiger charge is 1.92. The Bertz CT molecular complexity index is 264. The average molecular weight is 199 g/mol. The minimum atomic E-state index is -0.519. The maximum Gasteiger partial charge on any atom is 0.313 e. The van der Waals surface area contributed by atoms with Gasteiger partial charge >= 0.3 is 5.37 Å². The quantitative estimate of drug-likeness (QED) is 0.442. The van der Waals surface area contributed by atoms with E-state index in [1.54, 1.807) is 0 Å². The molecule has 1 rings (SSSR count). The summed E-state index contributed by atoms with van der Waals surface area (Å²) in [6, 6.07) is 9.77. The van der Waals surface area contributed by atoms with Gasteiger partial charge in [0.1, 0.15) is 0 Å². The van der Waals surface area contributed by atoms with Gasteiger partial charge in [-0.25, -0.2) is 0 Å². The number of anilines is 1. The SMILES string of the molecule is O=C(Cl)NCCNc1ccccc1. The number of para-hydroxylation sites is 1. The Hall–Kier alpha value is -1.22. The van der Waals surface area contributed by atoms with Crippen molar-refractivity contribution in [1.82, 2.24) is 5.32 Å². The molecule has 0 spiro atoms. The smallest absolute Gasteiger partial charge is 0.313 e. The van der Waals surface area contributed by atoms with E-state index < -0.39 is 5.37 Å². The van der Waals surface area contributed by atoms with Gasteiger partial charge < -0.3 is 10.6 Å². The van der Waals surface area contributed by atoms with Crippen LogP contribution in [-0.2, 0) is 0 Å². The molecule has 0 saturated heterocycles. The van der Waals surface area contributed by atoms with E-state index in [0.717, 1.165) is 5.69 Å². The number of carbonyl (C=O) groups is 1. The fourth-order valence-electron chi connectivity index (χ4n) is 0.924. The summed E-state index contributed by atoms with van der Waals surface area (Å²) in [5.41, 5.74) is 1.03. The van der Waals surface area contributed by atoms with Gasteiger partial charge in [-0.1, -0.05) is 18.2 Å². The average Bonchev–Trinajstić information content (AvgIpc) is 2.14. The van der Waals surface area contributed by atoms with Crippen molar-refractivity contribution >= 4 is 22.7 Å². The highest BCUT2D eigenvalue weighted by atomic mass is 35.5. The zero-order valence-corrected chi connectivity index (χ0v) is 7.84. The molecule has 1 aromatic carbocycles. The largest absolute Gasteiger partial charge is 0.383 e. The molecule has 0 unspecified atom stereocenters. The van der Waals surface area contributed by atoms with Crippen LogP contribution in [-0.4, -0.2) is 18.5 Å². The summed E-state index contributed by atoms with van der Waals surface area (Å²) < 4.78 is 0. The van der Waals surface area contributed by atoms with Gasteiger partial charge in [-0.3, -0.25) is 4.79 Å². The van der Waals surface area contributed by atoms with Gasteiger partial charge in [0, 0.05) is 18.8 Å². The molecule has 70 valence electrons. The lowest BCUT2D eigenvalue weighted by Gasteiger charge is -2.05. The van der Waals surface area contributed by atoms with Crippen molar-refractivity contribution < 1.29 is 4.79 Å². The van der Waals surface area contributed by atoms with Crippen LogP contribution in [0.4, 0.5) is 10.5 Å². The molecule has 0 aliphatic carbocycles. The van der Waals surface area contributed by atoms with E-state index in [9.17, 15) is 4.79 Å². The lowest BCUT2D eigenvalue weighted by molar-refractivity contribution is 0.260. The van der Waals surface area contributed by atoms with Crippen LogP contribution in [0.5, 0.6) is 0 Å². The summed E-state index contributed by atoms with van der Waals surface area (Å²) in [6.45, 7) is 1.19. The van der Waals surface area contributed by atoms with Crippen LogP contribution in [0, 0.1) is 0 Å². The molecule has 1 aromatic rings. The van der Waals surface area contributed by atoms with Crippen LogP contribution >= 0.6 is 11.6 Å². The lowest BCUT2D eigenvalue weighted by atomic mass is 10.3. The number of benzene rings is 1. The van der Waals surface area contributed by atoms with Crippen molar-refractivity contribution in [3.8, 4) is 0 Å². The number of amides is 1. The summed E-state index contributed by atoms with van der Waals surface area (Å²) in [6.07, 6.45) is 0. The van der Waals surface area contributed by atoms with Gasteiger partial charge in [0.15, 0.2) is 0 Å². The lowest BCUT2D eigenvalue weighted by Crippen LogP contribution is -2.23. The fourth-order valence-corrected chi connectivity index (χ4v) is 1.02. The molecule has 0 atom stereocenters. The summed E-state index contributed by atoms with van der Waals surface area (Å²) in [5, 5.41) is 5.09. The molecule has 0 radical (unpaired) electrons. The molecule has 0 saturated carbocycles. The molecular weight excluding hydrogens is 188 g/mol. The van der Waals surface area contributed by atoms with E-state index in [1.165, 1.54) is 0 Å². The normalized spacial score (nSPS) is 9.31. The van der Waals surface area contributed by atoms with Crippen LogP contribution in [0.15, 0.2) is 30.3 Å². The molecule has 0 heterocycles. The minimum absolute atomic E-state index is 0.519. The predicted octanol–water partition coefficient (Wildman–Crippen LogP) is 2.05. The van der Waals surface area contributed by atoms with Crippen molar-refractivity contribution in [2.24, 2.45) is 0 Å². The number of carbonyl (C=O) groups excluding carboxylic acids is 1. The molecule has 0 aliphatic heterocycles. The number of rotatable bonds is 4. The second kappa shape index (κ2) is 5.43. The summed E-state index contributed by atoms with van der Waals surface area (Å²) in [7, 11) is 0. The Labute approximate surface area is 82.1 Å². The zero-order chi connectivity index (χ0) is 9.52. The standard InChI is InChI=1S/C9H11ClN2O/c10-9(13)12-7-6-11-8-4-2-1-3-5-8/h1-5,11H,6-7H2,(H,12,13). The Morgan fingerprint density at radius 1 is 1.23 bits per heavy atom. The molecule has 13 heavy (non-hydrogen) atoms. The number of hydrogen-bond donors (Lipinski definition) is 2. The van der Waals surface area contributed by atoms with Crippen LogP contribution in [0.3, 0.4) is 0 Å². The highest BCUT2D eigenvalue weighted by Crippen LogP contribution is 2.03. The Morgan fingerprint density at radius 3 is 2.54 bits per heavy atom.